The van der Waals surface area contributed by atoms with Gasteiger partial charge in [-0.25, -0.2) is 0 Å². The van der Waals surface area contributed by atoms with Crippen molar-refractivity contribution in [3.05, 3.63) is 35.4 Å². The van der Waals surface area contributed by atoms with Gasteiger partial charge >= 0.3 is 0 Å². The van der Waals surface area contributed by atoms with Gasteiger partial charge in [-0.3, -0.25) is 0 Å². The van der Waals surface area contributed by atoms with Gasteiger partial charge in [0, 0.05) is 19.2 Å². The van der Waals surface area contributed by atoms with E-state index in [1.54, 1.807) is 0 Å². The summed E-state index contributed by atoms with van der Waals surface area (Å²) in [4.78, 5) is 0. The molecule has 1 aromatic carbocycles. The third-order valence-electron chi connectivity index (χ3n) is 4.85. The Balaban J connectivity index is 1.57. The van der Waals surface area contributed by atoms with Gasteiger partial charge in [-0.05, 0) is 43.7 Å². The zero-order valence-electron chi connectivity index (χ0n) is 12.0. The minimum Gasteiger partial charge on any atom is -0.375 e. The zero-order valence-corrected chi connectivity index (χ0v) is 12.0. The minimum absolute atomic E-state index is 0.224. The van der Waals surface area contributed by atoms with Gasteiger partial charge in [0.25, 0.3) is 0 Å². The molecule has 1 saturated heterocycles. The number of nitrogens with one attached hydrogen (secondary N) is 1. The molecule has 2 heteroatoms. The van der Waals surface area contributed by atoms with E-state index in [1.807, 2.05) is 0 Å². The second-order valence-electron chi connectivity index (χ2n) is 6.24. The van der Waals surface area contributed by atoms with Crippen molar-refractivity contribution >= 4 is 0 Å². The highest BCUT2D eigenvalue weighted by atomic mass is 16.5. The van der Waals surface area contributed by atoms with Crippen molar-refractivity contribution in [2.45, 2.75) is 63.6 Å². The van der Waals surface area contributed by atoms with Crippen LogP contribution in [0.1, 0.15) is 49.7 Å². The summed E-state index contributed by atoms with van der Waals surface area (Å²) in [6.45, 7) is 4.12. The summed E-state index contributed by atoms with van der Waals surface area (Å²) in [5.74, 6) is 0. The second-order valence-corrected chi connectivity index (χ2v) is 6.24. The Bertz CT molecular complexity index is 423. The Morgan fingerprint density at radius 1 is 1.26 bits per heavy atom. The summed E-state index contributed by atoms with van der Waals surface area (Å²) in [6, 6.07) is 9.30. The van der Waals surface area contributed by atoms with Crippen molar-refractivity contribution < 1.29 is 4.74 Å². The number of benzene rings is 1. The molecule has 1 spiro atoms. The molecule has 104 valence electrons. The highest BCUT2D eigenvalue weighted by Gasteiger charge is 2.39. The van der Waals surface area contributed by atoms with Gasteiger partial charge in [0.2, 0.25) is 0 Å². The van der Waals surface area contributed by atoms with Crippen LogP contribution < -0.4 is 5.32 Å². The van der Waals surface area contributed by atoms with E-state index in [0.29, 0.717) is 6.04 Å². The van der Waals surface area contributed by atoms with Crippen LogP contribution in [0, 0.1) is 6.92 Å². The highest BCUT2D eigenvalue weighted by Crippen LogP contribution is 2.39. The summed E-state index contributed by atoms with van der Waals surface area (Å²) >= 11 is 0. The van der Waals surface area contributed by atoms with Crippen molar-refractivity contribution in [3.8, 4) is 0 Å². The Hall–Kier alpha value is -0.860. The summed E-state index contributed by atoms with van der Waals surface area (Å²) in [7, 11) is 0. The standard InChI is InChI=1S/C17H25NO/c1-14-6-2-3-7-15(14)13-18-16-8-11-19-17(12-16)9-4-5-10-17/h2-3,6-7,16,18H,4-5,8-13H2,1H3. The first-order valence-electron chi connectivity index (χ1n) is 7.69. The monoisotopic (exact) mass is 259 g/mol. The second kappa shape index (κ2) is 5.64. The lowest BCUT2D eigenvalue weighted by atomic mass is 9.89. The van der Waals surface area contributed by atoms with E-state index >= 15 is 0 Å². The van der Waals surface area contributed by atoms with E-state index in [4.69, 9.17) is 4.74 Å². The molecule has 1 aromatic rings. The van der Waals surface area contributed by atoms with Crippen LogP contribution in [0.15, 0.2) is 24.3 Å². The van der Waals surface area contributed by atoms with Crippen LogP contribution in [0.5, 0.6) is 0 Å². The molecular formula is C17H25NO. The predicted octanol–water partition coefficient (Wildman–Crippen LogP) is 3.58. The molecule has 0 aromatic heterocycles. The maximum Gasteiger partial charge on any atom is 0.0697 e. The molecule has 2 fully saturated rings. The first kappa shape index (κ1) is 13.1. The third kappa shape index (κ3) is 3.01. The van der Waals surface area contributed by atoms with E-state index < -0.39 is 0 Å². The average molecular weight is 259 g/mol. The van der Waals surface area contributed by atoms with Gasteiger partial charge < -0.3 is 10.1 Å². The summed E-state index contributed by atoms with van der Waals surface area (Å²) in [5.41, 5.74) is 3.04. The van der Waals surface area contributed by atoms with Gasteiger partial charge in [-0.2, -0.15) is 0 Å². The molecular weight excluding hydrogens is 234 g/mol. The smallest absolute Gasteiger partial charge is 0.0697 e. The fourth-order valence-electron chi connectivity index (χ4n) is 3.63. The number of hydrogen-bond donors (Lipinski definition) is 1. The summed E-state index contributed by atoms with van der Waals surface area (Å²) in [6.07, 6.45) is 7.62. The van der Waals surface area contributed by atoms with E-state index in [2.05, 4.69) is 36.5 Å². The number of rotatable bonds is 3. The third-order valence-corrected chi connectivity index (χ3v) is 4.85. The number of hydrogen-bond acceptors (Lipinski definition) is 2. The highest BCUT2D eigenvalue weighted by molar-refractivity contribution is 5.25. The maximum atomic E-state index is 6.09. The fourth-order valence-corrected chi connectivity index (χ4v) is 3.63. The Kier molecular flexibility index (Phi) is 3.90. The summed E-state index contributed by atoms with van der Waals surface area (Å²) in [5, 5.41) is 3.75. The lowest BCUT2D eigenvalue weighted by molar-refractivity contribution is -0.0837. The van der Waals surface area contributed by atoms with E-state index in [9.17, 15) is 0 Å². The molecule has 0 radical (unpaired) electrons. The quantitative estimate of drug-likeness (QED) is 0.896. The molecule has 1 atom stereocenters. The van der Waals surface area contributed by atoms with Crippen LogP contribution in [0.25, 0.3) is 0 Å². The van der Waals surface area contributed by atoms with Crippen LogP contribution in [0.3, 0.4) is 0 Å². The molecule has 2 nitrogen and oxygen atoms in total. The van der Waals surface area contributed by atoms with Crippen molar-refractivity contribution in [2.75, 3.05) is 6.61 Å². The first-order chi connectivity index (χ1) is 9.27. The van der Waals surface area contributed by atoms with Crippen LogP contribution >= 0.6 is 0 Å². The molecule has 1 unspecified atom stereocenters. The van der Waals surface area contributed by atoms with Crippen molar-refractivity contribution in [2.24, 2.45) is 0 Å². The zero-order chi connectivity index (χ0) is 13.1. The maximum absolute atomic E-state index is 6.09. The molecule has 0 bridgehead atoms. The van der Waals surface area contributed by atoms with Crippen molar-refractivity contribution in [1.82, 2.24) is 5.32 Å². The number of ether oxygens (including phenoxy) is 1. The van der Waals surface area contributed by atoms with Crippen LogP contribution in [-0.4, -0.2) is 18.2 Å². The normalized spacial score (nSPS) is 25.8. The van der Waals surface area contributed by atoms with Crippen LogP contribution in [0.4, 0.5) is 0 Å². The lowest BCUT2D eigenvalue weighted by Gasteiger charge is -2.38. The van der Waals surface area contributed by atoms with Crippen LogP contribution in [-0.2, 0) is 11.3 Å². The Morgan fingerprint density at radius 3 is 2.84 bits per heavy atom. The molecule has 19 heavy (non-hydrogen) atoms. The molecule has 0 amide bonds. The summed E-state index contributed by atoms with van der Waals surface area (Å²) < 4.78 is 6.09. The van der Waals surface area contributed by atoms with Gasteiger partial charge in [0.05, 0.1) is 5.60 Å². The minimum atomic E-state index is 0.224. The molecule has 1 aliphatic carbocycles. The average Bonchev–Trinajstić information content (AvgIpc) is 2.86. The van der Waals surface area contributed by atoms with E-state index in [0.717, 1.165) is 19.6 Å². The van der Waals surface area contributed by atoms with E-state index in [-0.39, 0.29) is 5.60 Å². The first-order valence-corrected chi connectivity index (χ1v) is 7.69. The largest absolute Gasteiger partial charge is 0.375 e. The topological polar surface area (TPSA) is 21.3 Å². The molecule has 1 N–H and O–H groups in total. The number of aryl methyl sites for hydroxylation is 1. The van der Waals surface area contributed by atoms with Gasteiger partial charge in [0.15, 0.2) is 0 Å². The molecule has 1 aliphatic heterocycles. The Morgan fingerprint density at radius 2 is 2.05 bits per heavy atom. The fraction of sp³-hybridized carbons (Fsp3) is 0.647. The molecule has 3 rings (SSSR count). The predicted molar refractivity (Wildman–Crippen MR) is 78.2 cm³/mol. The van der Waals surface area contributed by atoms with Crippen molar-refractivity contribution in [3.63, 3.8) is 0 Å². The van der Waals surface area contributed by atoms with Gasteiger partial charge in [-0.15, -0.1) is 0 Å². The SMILES string of the molecule is Cc1ccccc1CNC1CCOC2(CCCC2)C1. The lowest BCUT2D eigenvalue weighted by Crippen LogP contribution is -2.45. The molecule has 1 saturated carbocycles. The Labute approximate surface area is 116 Å². The van der Waals surface area contributed by atoms with Gasteiger partial charge in [0.1, 0.15) is 0 Å². The molecule has 1 heterocycles. The molecule has 2 aliphatic rings. The van der Waals surface area contributed by atoms with E-state index in [1.165, 1.54) is 43.2 Å². The van der Waals surface area contributed by atoms with Crippen molar-refractivity contribution in [1.29, 1.82) is 0 Å². The van der Waals surface area contributed by atoms with Gasteiger partial charge in [-0.1, -0.05) is 37.1 Å². The van der Waals surface area contributed by atoms with Crippen LogP contribution in [0.2, 0.25) is 0 Å².